The van der Waals surface area contributed by atoms with Gasteiger partial charge in [0.1, 0.15) is 17.7 Å². The summed E-state index contributed by atoms with van der Waals surface area (Å²) < 4.78 is 5.81. The molecule has 1 aliphatic heterocycles. The second-order valence-corrected chi connectivity index (χ2v) is 7.62. The zero-order valence-corrected chi connectivity index (χ0v) is 18.2. The van der Waals surface area contributed by atoms with E-state index in [1.54, 1.807) is 42.7 Å². The van der Waals surface area contributed by atoms with Crippen molar-refractivity contribution in [1.82, 2.24) is 9.97 Å². The molecule has 0 fully saturated rings. The monoisotopic (exact) mass is 461 g/mol. The van der Waals surface area contributed by atoms with Crippen LogP contribution in [0, 0.1) is 0 Å². The minimum absolute atomic E-state index is 0.0540. The van der Waals surface area contributed by atoms with E-state index >= 15 is 0 Å². The van der Waals surface area contributed by atoms with Crippen molar-refractivity contribution < 1.29 is 24.2 Å². The highest BCUT2D eigenvalue weighted by Crippen LogP contribution is 2.37. The number of nitrogens with one attached hydrogen (secondary N) is 2. The van der Waals surface area contributed by atoms with E-state index < -0.39 is 12.1 Å². The Kier molecular flexibility index (Phi) is 6.97. The third kappa shape index (κ3) is 5.66. The maximum atomic E-state index is 13.2. The Labute approximate surface area is 195 Å². The first kappa shape index (κ1) is 22.7. The first-order valence-corrected chi connectivity index (χ1v) is 10.7. The number of carbonyl (C=O) groups excluding carboxylic acids is 2. The molecule has 0 saturated carbocycles. The van der Waals surface area contributed by atoms with Crippen LogP contribution in [0.3, 0.4) is 0 Å². The van der Waals surface area contributed by atoms with Crippen LogP contribution >= 0.6 is 0 Å². The molecular formula is C24H23N5O5. The number of carboxylic acid groups (broad SMARTS) is 1. The van der Waals surface area contributed by atoms with Gasteiger partial charge in [-0.05, 0) is 42.5 Å². The summed E-state index contributed by atoms with van der Waals surface area (Å²) >= 11 is 0. The van der Waals surface area contributed by atoms with Crippen molar-refractivity contribution >= 4 is 35.0 Å². The number of benzene rings is 1. The molecule has 1 atom stereocenters. The lowest BCUT2D eigenvalue weighted by Gasteiger charge is -2.34. The Morgan fingerprint density at radius 2 is 2.00 bits per heavy atom. The minimum atomic E-state index is -1.02. The van der Waals surface area contributed by atoms with Crippen LogP contribution in [0.4, 0.5) is 17.2 Å². The molecule has 10 heteroatoms. The van der Waals surface area contributed by atoms with Crippen molar-refractivity contribution in [3.05, 3.63) is 72.7 Å². The Morgan fingerprint density at radius 1 is 1.12 bits per heavy atom. The van der Waals surface area contributed by atoms with Crippen molar-refractivity contribution in [2.75, 3.05) is 28.6 Å². The minimum Gasteiger partial charge on any atom is -0.486 e. The number of nitrogens with zero attached hydrogens (tertiary/aromatic N) is 3. The fraction of sp³-hybridized carbons (Fsp3) is 0.208. The maximum Gasteiger partial charge on any atom is 0.307 e. The molecule has 3 heterocycles. The summed E-state index contributed by atoms with van der Waals surface area (Å²) in [6.07, 6.45) is 3.93. The summed E-state index contributed by atoms with van der Waals surface area (Å²) in [4.78, 5) is 46.4. The average Bonchev–Trinajstić information content (AvgIpc) is 2.84. The molecule has 0 spiro atoms. The van der Waals surface area contributed by atoms with E-state index in [9.17, 15) is 19.5 Å². The number of carboxylic acids is 1. The number of aliphatic carboxylic acids is 1. The molecule has 1 aromatic carbocycles. The van der Waals surface area contributed by atoms with E-state index in [0.717, 1.165) is 0 Å². The zero-order valence-electron chi connectivity index (χ0n) is 18.2. The van der Waals surface area contributed by atoms with Gasteiger partial charge in [-0.2, -0.15) is 0 Å². The number of ether oxygens (including phenoxy) is 1. The van der Waals surface area contributed by atoms with Crippen LogP contribution in [0.25, 0.3) is 0 Å². The maximum absolute atomic E-state index is 13.2. The normalized spacial score (nSPS) is 14.5. The predicted molar refractivity (Wildman–Crippen MR) is 125 cm³/mol. The first-order valence-electron chi connectivity index (χ1n) is 10.7. The van der Waals surface area contributed by atoms with E-state index in [1.807, 2.05) is 18.2 Å². The molecule has 0 saturated heterocycles. The van der Waals surface area contributed by atoms with Crippen molar-refractivity contribution in [2.45, 2.75) is 18.9 Å². The van der Waals surface area contributed by atoms with Gasteiger partial charge in [-0.1, -0.05) is 6.07 Å². The number of aromatic nitrogens is 2. The Morgan fingerprint density at radius 3 is 2.74 bits per heavy atom. The fourth-order valence-corrected chi connectivity index (χ4v) is 3.56. The highest BCUT2D eigenvalue weighted by atomic mass is 16.5. The highest BCUT2D eigenvalue weighted by Gasteiger charge is 2.32. The molecule has 10 nitrogen and oxygen atoms in total. The molecule has 0 radical (unpaired) electrons. The van der Waals surface area contributed by atoms with Crippen LogP contribution in [0.5, 0.6) is 5.75 Å². The first-order chi connectivity index (χ1) is 16.5. The lowest BCUT2D eigenvalue weighted by atomic mass is 10.1. The van der Waals surface area contributed by atoms with Crippen LogP contribution in [0.1, 0.15) is 23.2 Å². The number of carbonyl (C=O) groups is 3. The Hall–Kier alpha value is -4.47. The third-order valence-electron chi connectivity index (χ3n) is 5.09. The van der Waals surface area contributed by atoms with Gasteiger partial charge >= 0.3 is 5.97 Å². The average molecular weight is 461 g/mol. The van der Waals surface area contributed by atoms with E-state index in [2.05, 4.69) is 20.6 Å². The molecule has 34 heavy (non-hydrogen) atoms. The van der Waals surface area contributed by atoms with E-state index in [0.29, 0.717) is 35.1 Å². The van der Waals surface area contributed by atoms with Gasteiger partial charge in [0, 0.05) is 37.2 Å². The number of pyridine rings is 2. The topological polar surface area (TPSA) is 134 Å². The number of anilines is 3. The largest absolute Gasteiger partial charge is 0.486 e. The predicted octanol–water partition coefficient (Wildman–Crippen LogP) is 2.80. The molecule has 2 amide bonds. The standard InChI is InChI=1S/C24H23N5O5/c30-22(8-11-27-21-5-1-2-10-26-21)28-17-6-7-20-19(12-17)29(15-18(34-20)13-23(31)32)24(33)16-4-3-9-25-14-16/h1-7,9-10,12,14,18H,8,11,13,15H2,(H,26,27)(H,28,30)(H,31,32). The van der Waals surface area contributed by atoms with E-state index in [1.165, 1.54) is 11.1 Å². The molecule has 0 aliphatic carbocycles. The summed E-state index contributed by atoms with van der Waals surface area (Å²) in [6, 6.07) is 13.7. The molecule has 4 rings (SSSR count). The summed E-state index contributed by atoms with van der Waals surface area (Å²) in [5.74, 6) is -0.526. The molecular weight excluding hydrogens is 438 g/mol. The van der Waals surface area contributed by atoms with Crippen molar-refractivity contribution in [3.63, 3.8) is 0 Å². The Balaban J connectivity index is 1.49. The lowest BCUT2D eigenvalue weighted by molar-refractivity contribution is -0.138. The highest BCUT2D eigenvalue weighted by molar-refractivity contribution is 6.07. The quantitative estimate of drug-likeness (QED) is 0.466. The van der Waals surface area contributed by atoms with Crippen LogP contribution < -0.4 is 20.3 Å². The van der Waals surface area contributed by atoms with Crippen LogP contribution in [0.2, 0.25) is 0 Å². The van der Waals surface area contributed by atoms with Gasteiger partial charge in [0.25, 0.3) is 5.91 Å². The SMILES string of the molecule is O=C(O)CC1CN(C(=O)c2cccnc2)c2cc(NC(=O)CCNc3ccccn3)ccc2O1. The summed E-state index contributed by atoms with van der Waals surface area (Å²) in [5, 5.41) is 15.1. The summed E-state index contributed by atoms with van der Waals surface area (Å²) in [7, 11) is 0. The number of fused-ring (bicyclic) bond motifs is 1. The second-order valence-electron chi connectivity index (χ2n) is 7.62. The number of hydrogen-bond donors (Lipinski definition) is 3. The van der Waals surface area contributed by atoms with Crippen molar-refractivity contribution in [2.24, 2.45) is 0 Å². The van der Waals surface area contributed by atoms with Gasteiger partial charge in [-0.25, -0.2) is 4.98 Å². The zero-order chi connectivity index (χ0) is 23.9. The van der Waals surface area contributed by atoms with Gasteiger partial charge in [-0.15, -0.1) is 0 Å². The van der Waals surface area contributed by atoms with Crippen LogP contribution in [-0.2, 0) is 9.59 Å². The molecule has 3 N–H and O–H groups in total. The number of hydrogen-bond acceptors (Lipinski definition) is 7. The smallest absolute Gasteiger partial charge is 0.307 e. The third-order valence-corrected chi connectivity index (χ3v) is 5.09. The van der Waals surface area contributed by atoms with Crippen LogP contribution in [0.15, 0.2) is 67.1 Å². The lowest BCUT2D eigenvalue weighted by Crippen LogP contribution is -2.44. The Bertz CT molecular complexity index is 1170. The molecule has 0 bridgehead atoms. The summed E-state index contributed by atoms with van der Waals surface area (Å²) in [5.41, 5.74) is 1.30. The van der Waals surface area contributed by atoms with Crippen molar-refractivity contribution in [3.8, 4) is 5.75 Å². The molecule has 2 aromatic heterocycles. The number of rotatable bonds is 8. The van der Waals surface area contributed by atoms with Gasteiger partial charge in [0.15, 0.2) is 0 Å². The van der Waals surface area contributed by atoms with Crippen LogP contribution in [-0.4, -0.2) is 52.1 Å². The second kappa shape index (κ2) is 10.4. The van der Waals surface area contributed by atoms with Crippen molar-refractivity contribution in [1.29, 1.82) is 0 Å². The van der Waals surface area contributed by atoms with Gasteiger partial charge in [-0.3, -0.25) is 19.4 Å². The van der Waals surface area contributed by atoms with E-state index in [4.69, 9.17) is 4.74 Å². The van der Waals surface area contributed by atoms with Gasteiger partial charge in [0.05, 0.1) is 24.2 Å². The number of amides is 2. The van der Waals surface area contributed by atoms with E-state index in [-0.39, 0.29) is 31.2 Å². The van der Waals surface area contributed by atoms with Gasteiger partial charge < -0.3 is 25.4 Å². The molecule has 174 valence electrons. The van der Waals surface area contributed by atoms with Gasteiger partial charge in [0.2, 0.25) is 5.91 Å². The molecule has 1 aliphatic rings. The molecule has 1 unspecified atom stereocenters. The summed E-state index contributed by atoms with van der Waals surface area (Å²) in [6.45, 7) is 0.456. The fourth-order valence-electron chi connectivity index (χ4n) is 3.56. The molecule has 3 aromatic rings.